The van der Waals surface area contributed by atoms with Crippen molar-refractivity contribution in [3.05, 3.63) is 41.7 Å². The molecule has 2 aromatic rings. The van der Waals surface area contributed by atoms with Gasteiger partial charge in [0.1, 0.15) is 0 Å². The van der Waals surface area contributed by atoms with E-state index in [1.165, 1.54) is 0 Å². The summed E-state index contributed by atoms with van der Waals surface area (Å²) in [5.41, 5.74) is 1.12. The molecule has 0 bridgehead atoms. The van der Waals surface area contributed by atoms with E-state index in [9.17, 15) is 9.59 Å². The van der Waals surface area contributed by atoms with Crippen LogP contribution in [0, 0.1) is 0 Å². The van der Waals surface area contributed by atoms with E-state index in [2.05, 4.69) is 15.7 Å². The molecule has 1 saturated heterocycles. The minimum Gasteiger partial charge on any atom is -0.376 e. The molecule has 1 atom stereocenters. The maximum atomic E-state index is 11.9. The van der Waals surface area contributed by atoms with Crippen LogP contribution in [0.4, 0.5) is 5.69 Å². The Morgan fingerprint density at radius 2 is 2.25 bits per heavy atom. The largest absolute Gasteiger partial charge is 0.376 e. The molecule has 0 saturated carbocycles. The van der Waals surface area contributed by atoms with Gasteiger partial charge in [0.25, 0.3) is 0 Å². The number of nitrogens with zero attached hydrogens (tertiary/aromatic N) is 2. The number of hydrogen-bond donors (Lipinski definition) is 2. The molecule has 8 heteroatoms. The molecular weight excluding hydrogens is 332 g/mol. The summed E-state index contributed by atoms with van der Waals surface area (Å²) in [6.07, 6.45) is 5.27. The van der Waals surface area contributed by atoms with Crippen LogP contribution in [-0.2, 0) is 14.3 Å². The first kappa shape index (κ1) is 16.5. The van der Waals surface area contributed by atoms with Crippen molar-refractivity contribution in [2.75, 3.05) is 18.5 Å². The number of carbonyl (C=O) groups excluding carboxylic acids is 2. The number of nitrogens with one attached hydrogen (secondary N) is 2. The second kappa shape index (κ2) is 7.46. The number of halogens is 1. The Bertz CT molecular complexity index is 727. The highest BCUT2D eigenvalue weighted by atomic mass is 35.5. The van der Waals surface area contributed by atoms with Crippen molar-refractivity contribution in [3.63, 3.8) is 0 Å². The van der Waals surface area contributed by atoms with Gasteiger partial charge in [0, 0.05) is 31.2 Å². The number of carbonyl (C=O) groups is 2. The van der Waals surface area contributed by atoms with Crippen LogP contribution >= 0.6 is 11.6 Å². The molecule has 0 aliphatic carbocycles. The van der Waals surface area contributed by atoms with E-state index in [4.69, 9.17) is 16.3 Å². The number of aromatic nitrogens is 2. The number of hydrogen-bond acceptors (Lipinski definition) is 4. The topological polar surface area (TPSA) is 85.2 Å². The van der Waals surface area contributed by atoms with E-state index >= 15 is 0 Å². The second-order valence-corrected chi connectivity index (χ2v) is 5.82. The van der Waals surface area contributed by atoms with Gasteiger partial charge >= 0.3 is 11.8 Å². The van der Waals surface area contributed by atoms with Crippen molar-refractivity contribution >= 4 is 29.1 Å². The Morgan fingerprint density at radius 3 is 2.92 bits per heavy atom. The van der Waals surface area contributed by atoms with Gasteiger partial charge in [0.15, 0.2) is 0 Å². The molecule has 126 valence electrons. The van der Waals surface area contributed by atoms with Crippen LogP contribution in [0.15, 0.2) is 36.7 Å². The molecule has 3 rings (SSSR count). The van der Waals surface area contributed by atoms with Gasteiger partial charge in [0.2, 0.25) is 0 Å². The summed E-state index contributed by atoms with van der Waals surface area (Å²) in [4.78, 5) is 23.7. The van der Waals surface area contributed by atoms with E-state index in [-0.39, 0.29) is 6.10 Å². The first-order valence-corrected chi connectivity index (χ1v) is 8.01. The molecule has 1 aliphatic heterocycles. The second-order valence-electron chi connectivity index (χ2n) is 5.42. The zero-order valence-corrected chi connectivity index (χ0v) is 13.6. The van der Waals surface area contributed by atoms with Crippen molar-refractivity contribution in [1.82, 2.24) is 15.1 Å². The van der Waals surface area contributed by atoms with Gasteiger partial charge in [-0.05, 0) is 37.1 Å². The zero-order valence-electron chi connectivity index (χ0n) is 12.9. The SMILES string of the molecule is O=C(NC[C@H]1CCCO1)C(=O)Nc1ccc(-n2cccn2)c(Cl)c1. The normalized spacial score (nSPS) is 16.8. The molecule has 1 aromatic carbocycles. The number of benzene rings is 1. The maximum Gasteiger partial charge on any atom is 0.313 e. The Kier molecular flexibility index (Phi) is 5.12. The molecule has 2 heterocycles. The van der Waals surface area contributed by atoms with Crippen LogP contribution in [0.3, 0.4) is 0 Å². The average Bonchev–Trinajstić information content (AvgIpc) is 3.26. The van der Waals surface area contributed by atoms with E-state index in [1.807, 2.05) is 0 Å². The fourth-order valence-electron chi connectivity index (χ4n) is 2.46. The smallest absolute Gasteiger partial charge is 0.313 e. The van der Waals surface area contributed by atoms with E-state index in [0.717, 1.165) is 12.8 Å². The van der Waals surface area contributed by atoms with Gasteiger partial charge in [-0.3, -0.25) is 9.59 Å². The third-order valence-electron chi connectivity index (χ3n) is 3.68. The van der Waals surface area contributed by atoms with Gasteiger partial charge in [0.05, 0.1) is 16.8 Å². The summed E-state index contributed by atoms with van der Waals surface area (Å²) in [5, 5.41) is 9.60. The van der Waals surface area contributed by atoms with Gasteiger partial charge < -0.3 is 15.4 Å². The predicted octanol–water partition coefficient (Wildman–Crippen LogP) is 1.76. The Morgan fingerprint density at radius 1 is 1.38 bits per heavy atom. The fourth-order valence-corrected chi connectivity index (χ4v) is 2.73. The standard InChI is InChI=1S/C16H17ClN4O3/c17-13-9-11(4-5-14(13)21-7-2-6-19-21)20-16(23)15(22)18-10-12-3-1-8-24-12/h2,4-7,9,12H,1,3,8,10H2,(H,18,22)(H,20,23)/t12-/m1/s1. The van der Waals surface area contributed by atoms with Gasteiger partial charge in [-0.15, -0.1) is 0 Å². The molecule has 2 amide bonds. The van der Waals surface area contributed by atoms with E-state index in [1.54, 1.807) is 41.3 Å². The average molecular weight is 349 g/mol. The summed E-state index contributed by atoms with van der Waals surface area (Å²) < 4.78 is 7.01. The third-order valence-corrected chi connectivity index (χ3v) is 3.98. The molecule has 0 radical (unpaired) electrons. The summed E-state index contributed by atoms with van der Waals surface area (Å²) in [7, 11) is 0. The number of rotatable bonds is 4. The molecule has 1 aromatic heterocycles. The third kappa shape index (κ3) is 3.93. The molecule has 1 fully saturated rings. The number of amides is 2. The van der Waals surface area contributed by atoms with E-state index < -0.39 is 11.8 Å². The Labute approximate surface area is 143 Å². The van der Waals surface area contributed by atoms with Crippen LogP contribution in [0.5, 0.6) is 0 Å². The molecule has 24 heavy (non-hydrogen) atoms. The van der Waals surface area contributed by atoms with Crippen LogP contribution in [0.25, 0.3) is 5.69 Å². The fraction of sp³-hybridized carbons (Fsp3) is 0.312. The van der Waals surface area contributed by atoms with Crippen LogP contribution in [-0.4, -0.2) is 40.9 Å². The lowest BCUT2D eigenvalue weighted by Crippen LogP contribution is -2.39. The van der Waals surface area contributed by atoms with Crippen LogP contribution in [0.1, 0.15) is 12.8 Å². The van der Waals surface area contributed by atoms with Crippen LogP contribution in [0.2, 0.25) is 5.02 Å². The lowest BCUT2D eigenvalue weighted by atomic mass is 10.2. The highest BCUT2D eigenvalue weighted by Crippen LogP contribution is 2.23. The van der Waals surface area contributed by atoms with Gasteiger partial charge in [-0.1, -0.05) is 11.6 Å². The molecule has 0 unspecified atom stereocenters. The van der Waals surface area contributed by atoms with Gasteiger partial charge in [-0.25, -0.2) is 4.68 Å². The molecular formula is C16H17ClN4O3. The Hall–Kier alpha value is -2.38. The molecule has 7 nitrogen and oxygen atoms in total. The van der Waals surface area contributed by atoms with E-state index in [0.29, 0.717) is 29.5 Å². The summed E-state index contributed by atoms with van der Waals surface area (Å²) >= 11 is 6.20. The molecule has 0 spiro atoms. The maximum absolute atomic E-state index is 11.9. The summed E-state index contributed by atoms with van der Waals surface area (Å²) in [6.45, 7) is 1.04. The Balaban J connectivity index is 1.57. The van der Waals surface area contributed by atoms with Gasteiger partial charge in [-0.2, -0.15) is 5.10 Å². The zero-order chi connectivity index (χ0) is 16.9. The summed E-state index contributed by atoms with van der Waals surface area (Å²) in [6, 6.07) is 6.73. The minimum absolute atomic E-state index is 0.00968. The quantitative estimate of drug-likeness (QED) is 0.824. The first-order chi connectivity index (χ1) is 11.6. The first-order valence-electron chi connectivity index (χ1n) is 7.64. The number of ether oxygens (including phenoxy) is 1. The van der Waals surface area contributed by atoms with Crippen molar-refractivity contribution < 1.29 is 14.3 Å². The lowest BCUT2D eigenvalue weighted by Gasteiger charge is -2.11. The highest BCUT2D eigenvalue weighted by molar-refractivity contribution is 6.40. The van der Waals surface area contributed by atoms with Crippen molar-refractivity contribution in [2.24, 2.45) is 0 Å². The number of anilines is 1. The minimum atomic E-state index is -0.740. The van der Waals surface area contributed by atoms with Crippen LogP contribution < -0.4 is 10.6 Å². The molecule has 2 N–H and O–H groups in total. The summed E-state index contributed by atoms with van der Waals surface area (Å²) in [5.74, 6) is -1.44. The highest BCUT2D eigenvalue weighted by Gasteiger charge is 2.19. The monoisotopic (exact) mass is 348 g/mol. The van der Waals surface area contributed by atoms with Crippen molar-refractivity contribution in [1.29, 1.82) is 0 Å². The molecule has 1 aliphatic rings. The lowest BCUT2D eigenvalue weighted by molar-refractivity contribution is -0.136. The van der Waals surface area contributed by atoms with Crippen molar-refractivity contribution in [2.45, 2.75) is 18.9 Å². The predicted molar refractivity (Wildman–Crippen MR) is 89.2 cm³/mol. The van der Waals surface area contributed by atoms with Crippen molar-refractivity contribution in [3.8, 4) is 5.69 Å².